The van der Waals surface area contributed by atoms with Gasteiger partial charge in [-0.2, -0.15) is 0 Å². The van der Waals surface area contributed by atoms with Crippen LogP contribution in [0.15, 0.2) is 107 Å². The van der Waals surface area contributed by atoms with Crippen molar-refractivity contribution < 1.29 is 13.2 Å². The molecule has 0 atom stereocenters. The van der Waals surface area contributed by atoms with E-state index in [1.54, 1.807) is 25.3 Å². The molecule has 6 nitrogen and oxygen atoms in total. The van der Waals surface area contributed by atoms with Gasteiger partial charge in [-0.1, -0.05) is 72.3 Å². The number of benzene rings is 4. The van der Waals surface area contributed by atoms with Crippen molar-refractivity contribution in [3.63, 3.8) is 0 Å². The number of nitrogens with zero attached hydrogens (tertiary/aromatic N) is 1. The molecule has 0 spiro atoms. The van der Waals surface area contributed by atoms with Crippen LogP contribution in [-0.4, -0.2) is 21.5 Å². The van der Waals surface area contributed by atoms with E-state index in [0.29, 0.717) is 0 Å². The summed E-state index contributed by atoms with van der Waals surface area (Å²) in [5.74, 6) is 0.618. The average Bonchev–Trinajstić information content (AvgIpc) is 2.88. The Bertz CT molecular complexity index is 1430. The second-order valence-corrected chi connectivity index (χ2v) is 9.78. The minimum atomic E-state index is -3.79. The monoisotopic (exact) mass is 485 g/mol. The van der Waals surface area contributed by atoms with E-state index in [1.807, 2.05) is 30.3 Å². The van der Waals surface area contributed by atoms with E-state index in [0.717, 1.165) is 33.6 Å². The van der Waals surface area contributed by atoms with E-state index in [9.17, 15) is 8.42 Å². The molecule has 178 valence electrons. The third-order valence-electron chi connectivity index (χ3n) is 5.57. The molecule has 0 aliphatic carbocycles. The number of ether oxygens (including phenoxy) is 1. The second-order valence-electron chi connectivity index (χ2n) is 8.09. The number of hydrogen-bond donors (Lipinski definition) is 2. The summed E-state index contributed by atoms with van der Waals surface area (Å²) in [6.07, 6.45) is 0. The molecule has 0 aliphatic rings. The maximum absolute atomic E-state index is 12.5. The molecule has 0 radical (unpaired) electrons. The fraction of sp³-hybridized carbons (Fsp3) is 0.107. The van der Waals surface area contributed by atoms with Crippen molar-refractivity contribution >= 4 is 16.0 Å². The predicted molar refractivity (Wildman–Crippen MR) is 141 cm³/mol. The SMILES string of the molecule is COc1ccc(-c2cc(CN=C(N)NS(=O)(=O)c3ccccc3)ccc2-c2ccc(C)cc2)cc1. The van der Waals surface area contributed by atoms with Crippen molar-refractivity contribution in [3.05, 3.63) is 108 Å². The Balaban J connectivity index is 1.63. The molecule has 0 fully saturated rings. The molecule has 0 bridgehead atoms. The summed E-state index contributed by atoms with van der Waals surface area (Å²) in [4.78, 5) is 4.39. The first-order chi connectivity index (χ1) is 16.9. The highest BCUT2D eigenvalue weighted by Gasteiger charge is 2.14. The molecular weight excluding hydrogens is 458 g/mol. The molecule has 3 N–H and O–H groups in total. The molecular formula is C28H27N3O3S. The van der Waals surface area contributed by atoms with Crippen LogP contribution in [0.25, 0.3) is 22.3 Å². The number of guanidine groups is 1. The van der Waals surface area contributed by atoms with E-state index in [2.05, 4.69) is 53.0 Å². The Morgan fingerprint density at radius 2 is 1.49 bits per heavy atom. The Morgan fingerprint density at radius 1 is 0.857 bits per heavy atom. The Labute approximate surface area is 206 Å². The lowest BCUT2D eigenvalue weighted by atomic mass is 9.92. The van der Waals surface area contributed by atoms with Crippen LogP contribution in [0.5, 0.6) is 5.75 Å². The fourth-order valence-corrected chi connectivity index (χ4v) is 4.66. The van der Waals surface area contributed by atoms with Gasteiger partial charge in [0.05, 0.1) is 18.6 Å². The Kier molecular flexibility index (Phi) is 7.17. The fourth-order valence-electron chi connectivity index (χ4n) is 3.69. The molecule has 7 heteroatoms. The molecule has 0 aromatic heterocycles. The van der Waals surface area contributed by atoms with Gasteiger partial charge < -0.3 is 10.5 Å². The molecule has 0 amide bonds. The van der Waals surface area contributed by atoms with Crippen LogP contribution in [0.2, 0.25) is 0 Å². The lowest BCUT2D eigenvalue weighted by molar-refractivity contribution is 0.415. The molecule has 0 aliphatic heterocycles. The largest absolute Gasteiger partial charge is 0.497 e. The van der Waals surface area contributed by atoms with Crippen LogP contribution in [0.1, 0.15) is 11.1 Å². The standard InChI is InChI=1S/C28H27N3O3S/c1-20-8-11-22(12-9-20)26-17-10-21(18-27(26)23-13-15-24(34-2)16-14-23)19-30-28(29)31-35(32,33)25-6-4-3-5-7-25/h3-18H,19H2,1-2H3,(H3,29,30,31). The lowest BCUT2D eigenvalue weighted by Crippen LogP contribution is -2.36. The number of methoxy groups -OCH3 is 1. The van der Waals surface area contributed by atoms with E-state index in [-0.39, 0.29) is 17.4 Å². The number of hydrogen-bond acceptors (Lipinski definition) is 4. The Morgan fingerprint density at radius 3 is 2.14 bits per heavy atom. The third-order valence-corrected chi connectivity index (χ3v) is 6.94. The minimum absolute atomic E-state index is 0.127. The normalized spacial score (nSPS) is 11.8. The first-order valence-corrected chi connectivity index (χ1v) is 12.6. The first-order valence-electron chi connectivity index (χ1n) is 11.1. The molecule has 0 saturated heterocycles. The highest BCUT2D eigenvalue weighted by atomic mass is 32.2. The summed E-state index contributed by atoms with van der Waals surface area (Å²) in [6.45, 7) is 2.28. The first kappa shape index (κ1) is 24.0. The van der Waals surface area contributed by atoms with Crippen LogP contribution >= 0.6 is 0 Å². The van der Waals surface area contributed by atoms with Crippen LogP contribution in [0, 0.1) is 6.92 Å². The van der Waals surface area contributed by atoms with Crippen molar-refractivity contribution in [3.8, 4) is 28.0 Å². The molecule has 4 aromatic carbocycles. The number of nitrogens with two attached hydrogens (primary N) is 1. The summed E-state index contributed by atoms with van der Waals surface area (Å²) < 4.78 is 32.6. The van der Waals surface area contributed by atoms with Crippen LogP contribution in [-0.2, 0) is 16.6 Å². The Hall–Kier alpha value is -4.10. The van der Waals surface area contributed by atoms with Gasteiger partial charge in [0.1, 0.15) is 5.75 Å². The van der Waals surface area contributed by atoms with Crippen molar-refractivity contribution in [2.45, 2.75) is 18.4 Å². The second kappa shape index (κ2) is 10.4. The van der Waals surface area contributed by atoms with E-state index < -0.39 is 10.0 Å². The zero-order valence-electron chi connectivity index (χ0n) is 19.6. The van der Waals surface area contributed by atoms with Gasteiger partial charge in [-0.15, -0.1) is 0 Å². The summed E-state index contributed by atoms with van der Waals surface area (Å²) in [7, 11) is -2.14. The number of aliphatic imine (C=N–C) groups is 1. The van der Waals surface area contributed by atoms with Gasteiger partial charge in [0.25, 0.3) is 10.0 Å². The summed E-state index contributed by atoms with van der Waals surface area (Å²) in [5.41, 5.74) is 12.3. The summed E-state index contributed by atoms with van der Waals surface area (Å²) >= 11 is 0. The zero-order valence-corrected chi connectivity index (χ0v) is 20.4. The van der Waals surface area contributed by atoms with Gasteiger partial charge in [0, 0.05) is 0 Å². The third kappa shape index (κ3) is 5.88. The van der Waals surface area contributed by atoms with Crippen molar-refractivity contribution in [1.82, 2.24) is 4.72 Å². The van der Waals surface area contributed by atoms with Crippen molar-refractivity contribution in [2.24, 2.45) is 10.7 Å². The van der Waals surface area contributed by atoms with Crippen LogP contribution < -0.4 is 15.2 Å². The van der Waals surface area contributed by atoms with Crippen LogP contribution in [0.4, 0.5) is 0 Å². The van der Waals surface area contributed by atoms with E-state index in [1.165, 1.54) is 17.7 Å². The zero-order chi connectivity index (χ0) is 24.8. The molecule has 0 heterocycles. The quantitative estimate of drug-likeness (QED) is 0.280. The van der Waals surface area contributed by atoms with E-state index >= 15 is 0 Å². The molecule has 4 aromatic rings. The van der Waals surface area contributed by atoms with Gasteiger partial charge in [-0.05, 0) is 65.1 Å². The van der Waals surface area contributed by atoms with E-state index in [4.69, 9.17) is 10.5 Å². The molecule has 0 unspecified atom stereocenters. The summed E-state index contributed by atoms with van der Waals surface area (Å²) in [5, 5.41) is 0. The maximum Gasteiger partial charge on any atom is 0.264 e. The van der Waals surface area contributed by atoms with Gasteiger partial charge >= 0.3 is 0 Å². The smallest absolute Gasteiger partial charge is 0.264 e. The number of rotatable bonds is 7. The minimum Gasteiger partial charge on any atom is -0.497 e. The number of nitrogens with one attached hydrogen (secondary N) is 1. The topological polar surface area (TPSA) is 93.8 Å². The number of aryl methyl sites for hydroxylation is 1. The molecule has 0 saturated carbocycles. The van der Waals surface area contributed by atoms with Crippen molar-refractivity contribution in [1.29, 1.82) is 0 Å². The van der Waals surface area contributed by atoms with Crippen LogP contribution in [0.3, 0.4) is 0 Å². The highest BCUT2D eigenvalue weighted by Crippen LogP contribution is 2.34. The van der Waals surface area contributed by atoms with Crippen molar-refractivity contribution in [2.75, 3.05) is 7.11 Å². The lowest BCUT2D eigenvalue weighted by Gasteiger charge is -2.13. The molecule has 4 rings (SSSR count). The van der Waals surface area contributed by atoms with Gasteiger partial charge in [-0.3, -0.25) is 0 Å². The highest BCUT2D eigenvalue weighted by molar-refractivity contribution is 7.90. The number of sulfonamides is 1. The average molecular weight is 486 g/mol. The van der Waals surface area contributed by atoms with Gasteiger partial charge in [-0.25, -0.2) is 18.1 Å². The molecule has 35 heavy (non-hydrogen) atoms. The van der Waals surface area contributed by atoms with Gasteiger partial charge in [0.2, 0.25) is 5.96 Å². The summed E-state index contributed by atoms with van der Waals surface area (Å²) in [6, 6.07) is 30.4. The van der Waals surface area contributed by atoms with Gasteiger partial charge in [0.15, 0.2) is 0 Å². The maximum atomic E-state index is 12.5. The predicted octanol–water partition coefficient (Wildman–Crippen LogP) is 5.13.